The molecule has 1 aliphatic heterocycles. The molecule has 1 aliphatic rings. The zero-order valence-electron chi connectivity index (χ0n) is 7.58. The van der Waals surface area contributed by atoms with Gasteiger partial charge in [0.1, 0.15) is 20.1 Å². The predicted molar refractivity (Wildman–Crippen MR) is 49.3 cm³/mol. The average Bonchev–Trinajstić information content (AvgIpc) is 2.17. The van der Waals surface area contributed by atoms with Crippen molar-refractivity contribution in [3.05, 3.63) is 0 Å². The van der Waals surface area contributed by atoms with Crippen LogP contribution in [0.25, 0.3) is 0 Å². The highest BCUT2D eigenvalue weighted by molar-refractivity contribution is 6.30. The molecule has 0 aromatic rings. The first kappa shape index (κ1) is 10.3. The summed E-state index contributed by atoms with van der Waals surface area (Å²) in [5, 5.41) is 9.68. The lowest BCUT2D eigenvalue weighted by atomic mass is 9.85. The fourth-order valence-corrected chi connectivity index (χ4v) is 1.56. The highest BCUT2D eigenvalue weighted by atomic mass is 35.5. The van der Waals surface area contributed by atoms with Crippen molar-refractivity contribution in [3.63, 3.8) is 0 Å². The summed E-state index contributed by atoms with van der Waals surface area (Å²) in [5.41, 5.74) is 0. The van der Waals surface area contributed by atoms with E-state index in [1.54, 1.807) is 14.0 Å². The van der Waals surface area contributed by atoms with Gasteiger partial charge >= 0.3 is 0 Å². The fraction of sp³-hybridized carbons (Fsp3) is 1.00. The molecule has 12 heavy (non-hydrogen) atoms. The summed E-state index contributed by atoms with van der Waals surface area (Å²) < 4.78 is 10.3. The Kier molecular flexibility index (Phi) is 3.04. The van der Waals surface area contributed by atoms with Gasteiger partial charge in [0.25, 0.3) is 0 Å². The van der Waals surface area contributed by atoms with E-state index in [2.05, 4.69) is 0 Å². The number of aliphatic hydroxyl groups excluding tert-OH is 1. The molecule has 4 atom stereocenters. The Morgan fingerprint density at radius 1 is 1.75 bits per heavy atom. The average molecular weight is 192 g/mol. The van der Waals surface area contributed by atoms with Crippen LogP contribution in [0.5, 0.6) is 0 Å². The Labute approximate surface area is 78.4 Å². The van der Waals surface area contributed by atoms with Gasteiger partial charge in [-0.3, -0.25) is 0 Å². The molecule has 1 fully saturated rings. The normalized spacial score (nSPS) is 48.2. The largest absolute Gasteiger partial charge is 0.388 e. The standard InChI is InChI=1S/C7H14BClO3/c1-7(9)5(10)4(3-11-2)12-6(7)8/h4-6,10H,3,8H2,1-2H3/t4-,5-,6-,7-/m1/s1. The van der Waals surface area contributed by atoms with Crippen LogP contribution < -0.4 is 0 Å². The highest BCUT2D eigenvalue weighted by Gasteiger charge is 2.49. The maximum atomic E-state index is 9.68. The van der Waals surface area contributed by atoms with Crippen LogP contribution in [-0.4, -0.2) is 49.8 Å². The number of halogens is 1. The van der Waals surface area contributed by atoms with Crippen molar-refractivity contribution in [1.29, 1.82) is 0 Å². The van der Waals surface area contributed by atoms with Crippen LogP contribution in [0.2, 0.25) is 0 Å². The van der Waals surface area contributed by atoms with Crippen molar-refractivity contribution >= 4 is 19.4 Å². The number of alkyl halides is 1. The van der Waals surface area contributed by atoms with Crippen molar-refractivity contribution < 1.29 is 14.6 Å². The fourth-order valence-electron chi connectivity index (χ4n) is 1.37. The van der Waals surface area contributed by atoms with Crippen LogP contribution in [0.4, 0.5) is 0 Å². The van der Waals surface area contributed by atoms with Gasteiger partial charge in [-0.15, -0.1) is 11.6 Å². The van der Waals surface area contributed by atoms with Gasteiger partial charge in [-0.2, -0.15) is 0 Å². The van der Waals surface area contributed by atoms with Crippen molar-refractivity contribution in [2.24, 2.45) is 0 Å². The highest BCUT2D eigenvalue weighted by Crippen LogP contribution is 2.34. The molecule has 0 aliphatic carbocycles. The summed E-state index contributed by atoms with van der Waals surface area (Å²) in [5.74, 6) is 0. The molecule has 1 rings (SSSR count). The van der Waals surface area contributed by atoms with Gasteiger partial charge in [-0.05, 0) is 6.92 Å². The molecule has 0 aromatic heterocycles. The Morgan fingerprint density at radius 3 is 2.67 bits per heavy atom. The summed E-state index contributed by atoms with van der Waals surface area (Å²) in [4.78, 5) is -0.691. The monoisotopic (exact) mass is 192 g/mol. The molecule has 0 aromatic carbocycles. The van der Waals surface area contributed by atoms with Gasteiger partial charge in [0.15, 0.2) is 0 Å². The molecule has 0 unspecified atom stereocenters. The van der Waals surface area contributed by atoms with Gasteiger partial charge in [0, 0.05) is 13.1 Å². The molecule has 0 spiro atoms. The van der Waals surface area contributed by atoms with E-state index in [0.29, 0.717) is 6.61 Å². The van der Waals surface area contributed by atoms with E-state index in [0.717, 1.165) is 0 Å². The Hall–Kier alpha value is 0.235. The number of hydrogen-bond acceptors (Lipinski definition) is 3. The third-order valence-corrected chi connectivity index (χ3v) is 2.97. The van der Waals surface area contributed by atoms with Gasteiger partial charge in [0.2, 0.25) is 0 Å². The molecule has 0 bridgehead atoms. The van der Waals surface area contributed by atoms with Crippen LogP contribution in [0, 0.1) is 0 Å². The molecule has 0 radical (unpaired) electrons. The number of ether oxygens (including phenoxy) is 2. The van der Waals surface area contributed by atoms with Crippen LogP contribution in [0.1, 0.15) is 6.92 Å². The zero-order chi connectivity index (χ0) is 9.35. The third-order valence-electron chi connectivity index (χ3n) is 2.44. The molecular weight excluding hydrogens is 178 g/mol. The van der Waals surface area contributed by atoms with E-state index in [4.69, 9.17) is 21.1 Å². The third kappa shape index (κ3) is 1.62. The molecule has 0 amide bonds. The zero-order valence-corrected chi connectivity index (χ0v) is 8.34. The Bertz CT molecular complexity index is 165. The topological polar surface area (TPSA) is 38.7 Å². The maximum Gasteiger partial charge on any atom is 0.141 e. The molecule has 1 heterocycles. The van der Waals surface area contributed by atoms with E-state index in [1.807, 2.05) is 7.85 Å². The van der Waals surface area contributed by atoms with Crippen LogP contribution in [0.3, 0.4) is 0 Å². The molecular formula is C7H14BClO3. The number of rotatable bonds is 2. The smallest absolute Gasteiger partial charge is 0.141 e. The summed E-state index contributed by atoms with van der Waals surface area (Å²) in [6.07, 6.45) is -0.957. The lowest BCUT2D eigenvalue weighted by molar-refractivity contribution is -0.0178. The minimum absolute atomic E-state index is 0.144. The second-order valence-electron chi connectivity index (χ2n) is 3.37. The quantitative estimate of drug-likeness (QED) is 0.467. The van der Waals surface area contributed by atoms with E-state index < -0.39 is 11.0 Å². The molecule has 1 N–H and O–H groups in total. The van der Waals surface area contributed by atoms with Gasteiger partial charge in [0.05, 0.1) is 11.5 Å². The van der Waals surface area contributed by atoms with Crippen LogP contribution in [0.15, 0.2) is 0 Å². The summed E-state index contributed by atoms with van der Waals surface area (Å²) in [6.45, 7) is 2.16. The lowest BCUT2D eigenvalue weighted by Crippen LogP contribution is -2.41. The molecule has 5 heteroatoms. The Morgan fingerprint density at radius 2 is 2.33 bits per heavy atom. The minimum Gasteiger partial charge on any atom is -0.388 e. The van der Waals surface area contributed by atoms with Crippen molar-refractivity contribution in [1.82, 2.24) is 0 Å². The van der Waals surface area contributed by atoms with Crippen molar-refractivity contribution in [2.75, 3.05) is 13.7 Å². The Balaban J connectivity index is 2.63. The predicted octanol–water partition coefficient (Wildman–Crippen LogP) is -0.651. The lowest BCUT2D eigenvalue weighted by Gasteiger charge is -2.22. The molecule has 0 saturated carbocycles. The minimum atomic E-state index is -0.691. The second-order valence-corrected chi connectivity index (χ2v) is 4.18. The number of hydrogen-bond donors (Lipinski definition) is 1. The summed E-state index contributed by atoms with van der Waals surface area (Å²) in [7, 11) is 3.43. The van der Waals surface area contributed by atoms with E-state index in [1.165, 1.54) is 0 Å². The number of aliphatic hydroxyl groups is 1. The van der Waals surface area contributed by atoms with Crippen LogP contribution in [-0.2, 0) is 9.47 Å². The van der Waals surface area contributed by atoms with Gasteiger partial charge in [-0.1, -0.05) is 0 Å². The summed E-state index contributed by atoms with van der Waals surface area (Å²) in [6, 6.07) is -0.144. The van der Waals surface area contributed by atoms with Gasteiger partial charge in [-0.25, -0.2) is 0 Å². The second kappa shape index (κ2) is 3.54. The van der Waals surface area contributed by atoms with Crippen molar-refractivity contribution in [2.45, 2.75) is 30.0 Å². The maximum absolute atomic E-state index is 9.68. The van der Waals surface area contributed by atoms with Crippen molar-refractivity contribution in [3.8, 4) is 0 Å². The molecule has 3 nitrogen and oxygen atoms in total. The van der Waals surface area contributed by atoms with E-state index in [-0.39, 0.29) is 12.1 Å². The van der Waals surface area contributed by atoms with Crippen LogP contribution >= 0.6 is 11.6 Å². The first-order valence-electron chi connectivity index (χ1n) is 4.01. The first-order valence-corrected chi connectivity index (χ1v) is 4.39. The summed E-state index contributed by atoms with van der Waals surface area (Å²) >= 11 is 6.07. The first-order chi connectivity index (χ1) is 5.50. The van der Waals surface area contributed by atoms with E-state index >= 15 is 0 Å². The van der Waals surface area contributed by atoms with E-state index in [9.17, 15) is 5.11 Å². The molecule has 1 saturated heterocycles. The molecule has 70 valence electrons. The number of methoxy groups -OCH3 is 1. The van der Waals surface area contributed by atoms with Gasteiger partial charge < -0.3 is 14.6 Å². The SMILES string of the molecule is B[C@@H]1O[C@H](COC)[C@@H](O)[C@@]1(C)Cl.